The number of fused-ring (bicyclic) bond motifs is 1. The lowest BCUT2D eigenvalue weighted by atomic mass is 10.2. The molecular formula is C36H52N6O4S+2. The Hall–Kier alpha value is -3.79. The van der Waals surface area contributed by atoms with Gasteiger partial charge in [-0.1, -0.05) is 17.7 Å². The van der Waals surface area contributed by atoms with Crippen LogP contribution >= 0.6 is 0 Å². The molecule has 5 aliphatic rings. The lowest BCUT2D eigenvalue weighted by Gasteiger charge is -2.10. The van der Waals surface area contributed by atoms with E-state index in [0.717, 1.165) is 37.7 Å². The fraction of sp³-hybridized carbons (Fsp3) is 0.528. The molecule has 11 heteroatoms. The highest BCUT2D eigenvalue weighted by atomic mass is 32.2. The molecule has 1 aliphatic heterocycles. The van der Waals surface area contributed by atoms with Crippen LogP contribution < -0.4 is 0 Å². The second kappa shape index (κ2) is 21.9. The van der Waals surface area contributed by atoms with Crippen LogP contribution in [0.25, 0.3) is 0 Å². The summed E-state index contributed by atoms with van der Waals surface area (Å²) in [6.45, 7) is 4.43. The van der Waals surface area contributed by atoms with Crippen molar-refractivity contribution in [3.8, 4) is 0 Å². The van der Waals surface area contributed by atoms with Crippen molar-refractivity contribution in [2.45, 2.75) is 115 Å². The van der Waals surface area contributed by atoms with Crippen LogP contribution in [0.1, 0.15) is 108 Å². The second-order valence-corrected chi connectivity index (χ2v) is 13.3. The van der Waals surface area contributed by atoms with E-state index in [9.17, 15) is 13.2 Å². The van der Waals surface area contributed by atoms with E-state index in [2.05, 4.69) is 42.3 Å². The third kappa shape index (κ3) is 16.0. The van der Waals surface area contributed by atoms with Crippen LogP contribution in [0, 0.1) is 19.4 Å². The van der Waals surface area contributed by atoms with Crippen LogP contribution in [0.4, 0.5) is 0 Å². The smallest absolute Gasteiger partial charge is 0.294 e. The van der Waals surface area contributed by atoms with Crippen molar-refractivity contribution in [3.05, 3.63) is 90.8 Å². The van der Waals surface area contributed by atoms with Crippen LogP contribution in [0.5, 0.6) is 0 Å². The number of allylic oxidation sites excluding steroid dienone is 2. The Balaban J connectivity index is 0.000000203. The van der Waals surface area contributed by atoms with E-state index < -0.39 is 10.1 Å². The number of aryl methyl sites for hydroxylation is 3. The van der Waals surface area contributed by atoms with Gasteiger partial charge in [0.05, 0.1) is 24.2 Å². The largest absolute Gasteiger partial charge is 0.332 e. The minimum atomic E-state index is -4.02. The van der Waals surface area contributed by atoms with E-state index in [4.69, 9.17) is 4.55 Å². The number of hydrogen-bond acceptors (Lipinski definition) is 9. The van der Waals surface area contributed by atoms with Crippen molar-refractivity contribution in [1.29, 1.82) is 0 Å². The predicted octanol–water partition coefficient (Wildman–Crippen LogP) is 7.17. The first-order chi connectivity index (χ1) is 22.8. The molecule has 2 saturated carbocycles. The first kappa shape index (κ1) is 37.7. The first-order valence-electron chi connectivity index (χ1n) is 16.9. The number of hydrogen-bond donors (Lipinski definition) is 1. The van der Waals surface area contributed by atoms with Gasteiger partial charge in [0.1, 0.15) is 31.1 Å². The van der Waals surface area contributed by atoms with E-state index >= 15 is 0 Å². The zero-order valence-corrected chi connectivity index (χ0v) is 28.6. The van der Waals surface area contributed by atoms with Crippen molar-refractivity contribution in [2.24, 2.45) is 0 Å². The van der Waals surface area contributed by atoms with Gasteiger partial charge in [0, 0.05) is 52.1 Å². The third-order valence-electron chi connectivity index (χ3n) is 8.09. The lowest BCUT2D eigenvalue weighted by Crippen LogP contribution is -2.16. The predicted molar refractivity (Wildman–Crippen MR) is 185 cm³/mol. The quantitative estimate of drug-likeness (QED) is 0.221. The summed E-state index contributed by atoms with van der Waals surface area (Å²) in [7, 11) is -4.02. The second-order valence-electron chi connectivity index (χ2n) is 11.9. The molecule has 47 heavy (non-hydrogen) atoms. The number of carbonyl (C=O) groups is 1. The van der Waals surface area contributed by atoms with Crippen LogP contribution in [-0.2, 0) is 27.8 Å². The number of rotatable bonds is 2. The maximum absolute atomic E-state index is 10.5. The molecule has 4 aliphatic carbocycles. The van der Waals surface area contributed by atoms with Gasteiger partial charge in [-0.05, 0) is 82.4 Å². The van der Waals surface area contributed by atoms with E-state index in [1.54, 1.807) is 18.5 Å². The number of carbonyl (C=O) groups excluding carboxylic acids is 1. The molecule has 3 fully saturated rings. The van der Waals surface area contributed by atoms with Crippen molar-refractivity contribution < 1.29 is 19.2 Å². The topological polar surface area (TPSA) is 139 Å². The number of likely N-dealkylation sites (tertiary alicyclic amines) is 1. The van der Waals surface area contributed by atoms with Crippen molar-refractivity contribution in [2.75, 3.05) is 13.1 Å². The Bertz CT molecular complexity index is 1370. The highest BCUT2D eigenvalue weighted by Gasteiger charge is 2.26. The molecule has 0 spiro atoms. The average molecular weight is 666 g/mol. The third-order valence-corrected chi connectivity index (χ3v) is 8.96. The van der Waals surface area contributed by atoms with Crippen LogP contribution in [0.3, 0.4) is 0 Å². The number of aromatic nitrogens is 5. The number of ketones is 1. The van der Waals surface area contributed by atoms with Crippen molar-refractivity contribution in [3.63, 3.8) is 0 Å². The molecule has 8 rings (SSSR count). The van der Waals surface area contributed by atoms with Crippen molar-refractivity contribution >= 4 is 15.9 Å². The standard InChI is InChI=1S/C9H14N.C7H8N2.C7H8O3S.C5H8O.C5H9.C3H3N3.H2/c1-2-6-9(5-1)10-7-3-4-8-10;1-2-6-4-8-5-9-7(6)3-1;1-6-2-4-7(5-3-6)11(8,9)10;6-5-3-1-2-4-5;1-2-4-5-3-1;1-4-2-6-3-5-1;/h1-5,7-8H2;4-5H,1-3H2;2-5H,1H3,(H,8,9,10);1-4H2;1H,2-5H2;1-3H;1H/q+1;;;;+1;;/i;;;;;;1+1. The lowest BCUT2D eigenvalue weighted by molar-refractivity contribution is -0.117. The molecule has 0 unspecified atom stereocenters. The van der Waals surface area contributed by atoms with Gasteiger partial charge < -0.3 is 4.90 Å². The molecule has 254 valence electrons. The van der Waals surface area contributed by atoms with Crippen LogP contribution in [-0.4, -0.2) is 61.7 Å². The monoisotopic (exact) mass is 665 g/mol. The summed E-state index contributed by atoms with van der Waals surface area (Å²) in [6.07, 6.45) is 33.5. The molecule has 1 saturated heterocycles. The molecule has 3 heterocycles. The zero-order chi connectivity index (χ0) is 33.6. The Morgan fingerprint density at radius 3 is 1.85 bits per heavy atom. The number of benzene rings is 1. The van der Waals surface area contributed by atoms with Gasteiger partial charge in [0.25, 0.3) is 15.8 Å². The van der Waals surface area contributed by atoms with Crippen LogP contribution in [0.15, 0.2) is 66.4 Å². The molecule has 1 N–H and O–H groups in total. The van der Waals surface area contributed by atoms with Crippen LogP contribution in [0.2, 0.25) is 0 Å². The van der Waals surface area contributed by atoms with E-state index in [1.165, 1.54) is 132 Å². The van der Waals surface area contributed by atoms with Gasteiger partial charge >= 0.3 is 0 Å². The molecule has 10 nitrogen and oxygen atoms in total. The van der Waals surface area contributed by atoms with Gasteiger partial charge in [-0.25, -0.2) is 24.9 Å². The molecule has 3 aromatic rings. The van der Waals surface area contributed by atoms with E-state index in [0.29, 0.717) is 5.78 Å². The molecule has 0 bridgehead atoms. The first-order valence-corrected chi connectivity index (χ1v) is 18.3. The highest BCUT2D eigenvalue weighted by molar-refractivity contribution is 7.85. The van der Waals surface area contributed by atoms with E-state index in [1.807, 2.05) is 13.1 Å². The number of Topliss-reactive ketones (excluding diaryl/α,β-unsaturated/α-hetero) is 1. The molecule has 0 atom stereocenters. The molecule has 1 aromatic carbocycles. The van der Waals surface area contributed by atoms with Gasteiger partial charge in [-0.3, -0.25) is 9.35 Å². The molecule has 0 amide bonds. The highest BCUT2D eigenvalue weighted by Crippen LogP contribution is 2.24. The SMILES string of the molecule is Cc1ccc(S(=O)(=O)O)cc1.O=C1CCCC1.[2HH].[C+]1=C(N2CCCC2)CCC1.[CH+]1CCCC1.c1ncc2c(n1)CCC2.c1ncncn1. The molecular weight excluding hydrogens is 613 g/mol. The van der Waals surface area contributed by atoms with Crippen molar-refractivity contribution in [1.82, 2.24) is 29.8 Å². The van der Waals surface area contributed by atoms with Gasteiger partial charge in [-0.15, -0.1) is 0 Å². The summed E-state index contributed by atoms with van der Waals surface area (Å²) < 4.78 is 29.6. The van der Waals surface area contributed by atoms with Gasteiger partial charge in [0.15, 0.2) is 6.42 Å². The molecule has 0 radical (unpaired) electrons. The maximum Gasteiger partial charge on any atom is 0.294 e. The summed E-state index contributed by atoms with van der Waals surface area (Å²) in [5, 5.41) is 0. The van der Waals surface area contributed by atoms with Gasteiger partial charge in [-0.2, -0.15) is 8.42 Å². The fourth-order valence-electron chi connectivity index (χ4n) is 5.50. The average Bonchev–Trinajstić information content (AvgIpc) is 3.94. The Morgan fingerprint density at radius 1 is 0.766 bits per heavy atom. The summed E-state index contributed by atoms with van der Waals surface area (Å²) >= 11 is 0. The summed E-state index contributed by atoms with van der Waals surface area (Å²) in [5.41, 5.74) is 5.07. The molecule has 2 aromatic heterocycles. The summed E-state index contributed by atoms with van der Waals surface area (Å²) in [4.78, 5) is 31.5. The normalized spacial score (nSPS) is 17.2. The Kier molecular flexibility index (Phi) is 17.6. The minimum absolute atomic E-state index is 0. The van der Waals surface area contributed by atoms with Gasteiger partial charge in [0.2, 0.25) is 6.08 Å². The minimum Gasteiger partial charge on any atom is -0.332 e. The fourth-order valence-corrected chi connectivity index (χ4v) is 5.98. The summed E-state index contributed by atoms with van der Waals surface area (Å²) in [5.74, 6) is 0.454. The Morgan fingerprint density at radius 2 is 1.40 bits per heavy atom. The Labute approximate surface area is 282 Å². The number of nitrogens with zero attached hydrogens (tertiary/aromatic N) is 6. The van der Waals surface area contributed by atoms with E-state index in [-0.39, 0.29) is 6.32 Å². The maximum atomic E-state index is 10.5. The summed E-state index contributed by atoms with van der Waals surface area (Å²) in [6, 6.07) is 5.99. The zero-order valence-electron chi connectivity index (χ0n) is 27.8.